The maximum absolute atomic E-state index is 6.20. The van der Waals surface area contributed by atoms with E-state index < -0.39 is 0 Å². The van der Waals surface area contributed by atoms with Gasteiger partial charge in [-0.15, -0.1) is 0 Å². The minimum Gasteiger partial charge on any atom is -0.327 e. The zero-order valence-electron chi connectivity index (χ0n) is 8.16. The van der Waals surface area contributed by atoms with Crippen LogP contribution in [0.3, 0.4) is 0 Å². The fourth-order valence-electron chi connectivity index (χ4n) is 2.95. The molecule has 0 spiro atoms. The third kappa shape index (κ3) is 1.27. The van der Waals surface area contributed by atoms with Gasteiger partial charge in [-0.3, -0.25) is 0 Å². The molecule has 12 heavy (non-hydrogen) atoms. The van der Waals surface area contributed by atoms with Crippen LogP contribution < -0.4 is 5.73 Å². The normalized spacial score (nSPS) is 49.2. The van der Waals surface area contributed by atoms with Crippen LogP contribution in [0.4, 0.5) is 0 Å². The van der Waals surface area contributed by atoms with E-state index in [2.05, 4.69) is 18.9 Å². The summed E-state index contributed by atoms with van der Waals surface area (Å²) < 4.78 is 0. The van der Waals surface area contributed by atoms with Gasteiger partial charge >= 0.3 is 0 Å². The molecule has 0 amide bonds. The Morgan fingerprint density at radius 3 is 2.75 bits per heavy atom. The Balaban J connectivity index is 2.06. The minimum absolute atomic E-state index is 0.466. The van der Waals surface area contributed by atoms with E-state index in [1.807, 2.05) is 0 Å². The molecule has 1 saturated carbocycles. The number of hydrogen-bond donors (Lipinski definition) is 1. The summed E-state index contributed by atoms with van der Waals surface area (Å²) in [5.41, 5.74) is 6.20. The van der Waals surface area contributed by atoms with Crippen molar-refractivity contribution in [3.8, 4) is 0 Å². The van der Waals surface area contributed by atoms with Gasteiger partial charge in [0.2, 0.25) is 0 Å². The van der Waals surface area contributed by atoms with E-state index in [0.29, 0.717) is 6.04 Å². The van der Waals surface area contributed by atoms with E-state index in [1.165, 1.54) is 25.9 Å². The van der Waals surface area contributed by atoms with Crippen LogP contribution >= 0.6 is 0 Å². The van der Waals surface area contributed by atoms with Crippen molar-refractivity contribution in [1.82, 2.24) is 4.90 Å². The zero-order valence-corrected chi connectivity index (χ0v) is 8.16. The smallest absolute Gasteiger partial charge is 0.0108 e. The molecule has 2 nitrogen and oxygen atoms in total. The lowest BCUT2D eigenvalue weighted by Crippen LogP contribution is -2.43. The van der Waals surface area contributed by atoms with Gasteiger partial charge in [-0.05, 0) is 37.6 Å². The topological polar surface area (TPSA) is 29.3 Å². The summed E-state index contributed by atoms with van der Waals surface area (Å²) in [7, 11) is 2.22. The molecule has 2 aliphatic rings. The summed E-state index contributed by atoms with van der Waals surface area (Å²) in [5.74, 6) is 2.44. The predicted octanol–water partition coefficient (Wildman–Crippen LogP) is 0.921. The molecule has 0 aromatic carbocycles. The van der Waals surface area contributed by atoms with Crippen LogP contribution in [0.25, 0.3) is 0 Å². The molecule has 0 aromatic rings. The molecule has 70 valence electrons. The summed E-state index contributed by atoms with van der Waals surface area (Å²) in [6.45, 7) is 4.82. The van der Waals surface area contributed by atoms with Gasteiger partial charge in [0.1, 0.15) is 0 Å². The van der Waals surface area contributed by atoms with Gasteiger partial charge in [-0.1, -0.05) is 6.92 Å². The Morgan fingerprint density at radius 2 is 2.00 bits per heavy atom. The highest BCUT2D eigenvalue weighted by molar-refractivity contribution is 4.94. The van der Waals surface area contributed by atoms with Crippen LogP contribution in [-0.2, 0) is 0 Å². The van der Waals surface area contributed by atoms with Gasteiger partial charge in [0.25, 0.3) is 0 Å². The maximum atomic E-state index is 6.20. The third-order valence-electron chi connectivity index (χ3n) is 3.82. The first-order valence-corrected chi connectivity index (χ1v) is 5.12. The lowest BCUT2D eigenvalue weighted by atomic mass is 9.73. The lowest BCUT2D eigenvalue weighted by molar-refractivity contribution is 0.197. The van der Waals surface area contributed by atoms with Gasteiger partial charge in [0.05, 0.1) is 0 Å². The monoisotopic (exact) mass is 168 g/mol. The van der Waals surface area contributed by atoms with Crippen molar-refractivity contribution in [3.05, 3.63) is 0 Å². The van der Waals surface area contributed by atoms with E-state index in [4.69, 9.17) is 5.73 Å². The number of rotatable bonds is 0. The maximum Gasteiger partial charge on any atom is 0.0108 e. The van der Waals surface area contributed by atoms with Crippen molar-refractivity contribution < 1.29 is 0 Å². The van der Waals surface area contributed by atoms with Crippen LogP contribution in [0.15, 0.2) is 0 Å². The second-order valence-corrected chi connectivity index (χ2v) is 4.78. The standard InChI is InChI=1S/C10H20N2/c1-7-3-4-8-5-12(2)6-9(8)10(7)11/h7-10H,3-6,11H2,1-2H3. The highest BCUT2D eigenvalue weighted by atomic mass is 15.1. The zero-order chi connectivity index (χ0) is 8.72. The molecule has 2 heteroatoms. The molecule has 2 rings (SSSR count). The molecule has 2 fully saturated rings. The SMILES string of the molecule is CC1CCC2CN(C)CC2C1N. The third-order valence-corrected chi connectivity index (χ3v) is 3.82. The Morgan fingerprint density at radius 1 is 1.25 bits per heavy atom. The van der Waals surface area contributed by atoms with Crippen LogP contribution in [0, 0.1) is 17.8 Å². The van der Waals surface area contributed by atoms with Crippen molar-refractivity contribution in [2.24, 2.45) is 23.5 Å². The molecule has 1 aliphatic heterocycles. The molecular formula is C10H20N2. The number of fused-ring (bicyclic) bond motifs is 1. The molecule has 0 radical (unpaired) electrons. The van der Waals surface area contributed by atoms with Crippen molar-refractivity contribution in [1.29, 1.82) is 0 Å². The number of nitrogens with zero attached hydrogens (tertiary/aromatic N) is 1. The molecule has 4 atom stereocenters. The van der Waals surface area contributed by atoms with Crippen molar-refractivity contribution >= 4 is 0 Å². The predicted molar refractivity (Wildman–Crippen MR) is 50.9 cm³/mol. The summed E-state index contributed by atoms with van der Waals surface area (Å²) in [6.07, 6.45) is 2.75. The molecule has 0 aromatic heterocycles. The van der Waals surface area contributed by atoms with Crippen LogP contribution in [0.5, 0.6) is 0 Å². The van der Waals surface area contributed by atoms with Gasteiger partial charge in [0.15, 0.2) is 0 Å². The van der Waals surface area contributed by atoms with Gasteiger partial charge in [-0.2, -0.15) is 0 Å². The largest absolute Gasteiger partial charge is 0.327 e. The van der Waals surface area contributed by atoms with Gasteiger partial charge in [-0.25, -0.2) is 0 Å². The van der Waals surface area contributed by atoms with E-state index in [0.717, 1.165) is 17.8 Å². The molecule has 2 N–H and O–H groups in total. The molecule has 0 bridgehead atoms. The van der Waals surface area contributed by atoms with E-state index >= 15 is 0 Å². The summed E-state index contributed by atoms with van der Waals surface area (Å²) in [5, 5.41) is 0. The van der Waals surface area contributed by atoms with E-state index in [9.17, 15) is 0 Å². The summed E-state index contributed by atoms with van der Waals surface area (Å²) in [6, 6.07) is 0.466. The highest BCUT2D eigenvalue weighted by Gasteiger charge is 2.40. The second-order valence-electron chi connectivity index (χ2n) is 4.78. The summed E-state index contributed by atoms with van der Waals surface area (Å²) >= 11 is 0. The Kier molecular flexibility index (Phi) is 2.13. The number of likely N-dealkylation sites (tertiary alicyclic amines) is 1. The van der Waals surface area contributed by atoms with E-state index in [1.54, 1.807) is 0 Å². The Hall–Kier alpha value is -0.0800. The molecular weight excluding hydrogens is 148 g/mol. The van der Waals surface area contributed by atoms with Crippen LogP contribution in [0.2, 0.25) is 0 Å². The fourth-order valence-corrected chi connectivity index (χ4v) is 2.95. The average molecular weight is 168 g/mol. The quantitative estimate of drug-likeness (QED) is 0.583. The van der Waals surface area contributed by atoms with Crippen molar-refractivity contribution in [2.75, 3.05) is 20.1 Å². The van der Waals surface area contributed by atoms with Crippen LogP contribution in [-0.4, -0.2) is 31.1 Å². The Labute approximate surface area is 75.1 Å². The Bertz CT molecular complexity index is 167. The fraction of sp³-hybridized carbons (Fsp3) is 1.00. The summed E-state index contributed by atoms with van der Waals surface area (Å²) in [4.78, 5) is 2.44. The molecule has 1 saturated heterocycles. The first kappa shape index (κ1) is 8.52. The molecule has 1 heterocycles. The number of nitrogens with two attached hydrogens (primary N) is 1. The highest BCUT2D eigenvalue weighted by Crippen LogP contribution is 2.37. The molecule has 4 unspecified atom stereocenters. The average Bonchev–Trinajstić information content (AvgIpc) is 2.39. The second kappa shape index (κ2) is 3.00. The lowest BCUT2D eigenvalue weighted by Gasteiger charge is -2.35. The van der Waals surface area contributed by atoms with Crippen molar-refractivity contribution in [3.63, 3.8) is 0 Å². The first-order valence-electron chi connectivity index (χ1n) is 5.12. The van der Waals surface area contributed by atoms with Gasteiger partial charge in [0, 0.05) is 19.1 Å². The van der Waals surface area contributed by atoms with E-state index in [-0.39, 0.29) is 0 Å². The first-order chi connectivity index (χ1) is 5.68. The minimum atomic E-state index is 0.466. The van der Waals surface area contributed by atoms with Crippen LogP contribution in [0.1, 0.15) is 19.8 Å². The van der Waals surface area contributed by atoms with Crippen molar-refractivity contribution in [2.45, 2.75) is 25.8 Å². The van der Waals surface area contributed by atoms with Gasteiger partial charge < -0.3 is 10.6 Å². The molecule has 1 aliphatic carbocycles. The number of hydrogen-bond acceptors (Lipinski definition) is 2.